The Morgan fingerprint density at radius 1 is 1.40 bits per heavy atom. The van der Waals surface area contributed by atoms with Gasteiger partial charge in [0.2, 0.25) is 0 Å². The van der Waals surface area contributed by atoms with Crippen LogP contribution in [0.1, 0.15) is 12.8 Å². The Hall–Kier alpha value is -1.45. The first-order valence-electron chi connectivity index (χ1n) is 5.07. The van der Waals surface area contributed by atoms with Gasteiger partial charge in [-0.2, -0.15) is 0 Å². The second-order valence-electron chi connectivity index (χ2n) is 3.73. The first-order valence-corrected chi connectivity index (χ1v) is 5.07. The third kappa shape index (κ3) is 2.32. The molecular formula is C11H13N3O. The molecule has 0 saturated carbocycles. The van der Waals surface area contributed by atoms with Crippen LogP contribution in [0.2, 0.25) is 0 Å². The zero-order valence-corrected chi connectivity index (χ0v) is 8.47. The number of carbonyl (C=O) groups is 1. The Bertz CT molecular complexity index is 331. The number of rotatable bonds is 2. The van der Waals surface area contributed by atoms with Gasteiger partial charge in [0, 0.05) is 38.3 Å². The van der Waals surface area contributed by atoms with Crippen molar-refractivity contribution in [2.75, 3.05) is 18.0 Å². The van der Waals surface area contributed by atoms with Crippen LogP contribution in [0.3, 0.4) is 0 Å². The quantitative estimate of drug-likeness (QED) is 0.718. The van der Waals surface area contributed by atoms with Crippen LogP contribution in [0.25, 0.3) is 0 Å². The number of anilines is 1. The summed E-state index contributed by atoms with van der Waals surface area (Å²) in [5.74, 6) is 0.715. The van der Waals surface area contributed by atoms with Crippen LogP contribution < -0.4 is 4.90 Å². The van der Waals surface area contributed by atoms with Crippen LogP contribution in [0, 0.1) is 12.8 Å². The van der Waals surface area contributed by atoms with Gasteiger partial charge in [0.1, 0.15) is 11.6 Å². The van der Waals surface area contributed by atoms with Crippen molar-refractivity contribution in [3.8, 4) is 0 Å². The summed E-state index contributed by atoms with van der Waals surface area (Å²) in [4.78, 5) is 21.3. The molecule has 2 radical (unpaired) electrons. The van der Waals surface area contributed by atoms with Gasteiger partial charge in [-0.05, 0) is 12.8 Å². The molecule has 0 amide bonds. The molecule has 4 heteroatoms. The number of piperidine rings is 1. The van der Waals surface area contributed by atoms with E-state index in [0.717, 1.165) is 31.7 Å². The molecule has 1 aromatic heterocycles. The van der Waals surface area contributed by atoms with E-state index in [1.807, 2.05) is 0 Å². The molecule has 0 aliphatic carbocycles. The molecule has 2 heterocycles. The van der Waals surface area contributed by atoms with Crippen molar-refractivity contribution in [3.63, 3.8) is 0 Å². The monoisotopic (exact) mass is 203 g/mol. The molecule has 1 aromatic rings. The van der Waals surface area contributed by atoms with Crippen molar-refractivity contribution in [1.29, 1.82) is 0 Å². The standard InChI is InChI=1S/C11H13N3O/c1-9(15)10-2-6-14(7-3-10)11-8-12-4-5-13-11/h1,4-5,8,10H,2-3,6-7H2. The largest absolute Gasteiger partial charge is 0.355 e. The molecule has 1 aliphatic heterocycles. The first-order chi connectivity index (χ1) is 7.27. The van der Waals surface area contributed by atoms with E-state index in [1.54, 1.807) is 18.6 Å². The molecule has 1 fully saturated rings. The number of Topliss-reactive ketones (excluding diaryl/α,β-unsaturated/α-hetero) is 1. The van der Waals surface area contributed by atoms with Gasteiger partial charge in [-0.25, -0.2) is 4.98 Å². The Balaban J connectivity index is 1.97. The smallest absolute Gasteiger partial charge is 0.147 e. The first kappa shape index (κ1) is 10.1. The highest BCUT2D eigenvalue weighted by molar-refractivity contribution is 5.85. The molecule has 4 nitrogen and oxygen atoms in total. The summed E-state index contributed by atoms with van der Waals surface area (Å²) in [5, 5.41) is 0. The maximum Gasteiger partial charge on any atom is 0.147 e. The van der Waals surface area contributed by atoms with Crippen molar-refractivity contribution in [2.45, 2.75) is 12.8 Å². The Labute approximate surface area is 89.3 Å². The van der Waals surface area contributed by atoms with E-state index in [0.29, 0.717) is 0 Å². The predicted molar refractivity (Wildman–Crippen MR) is 56.3 cm³/mol. The summed E-state index contributed by atoms with van der Waals surface area (Å²) in [6.07, 6.45) is 6.69. The molecule has 1 saturated heterocycles. The van der Waals surface area contributed by atoms with Crippen molar-refractivity contribution in [3.05, 3.63) is 25.5 Å². The lowest BCUT2D eigenvalue weighted by Gasteiger charge is -2.31. The van der Waals surface area contributed by atoms with E-state index >= 15 is 0 Å². The van der Waals surface area contributed by atoms with Crippen LogP contribution in [-0.2, 0) is 4.79 Å². The topological polar surface area (TPSA) is 46.1 Å². The zero-order chi connectivity index (χ0) is 10.7. The molecule has 1 aliphatic rings. The fourth-order valence-corrected chi connectivity index (χ4v) is 1.85. The van der Waals surface area contributed by atoms with Crippen molar-refractivity contribution in [2.24, 2.45) is 5.92 Å². The molecular weight excluding hydrogens is 190 g/mol. The third-order valence-corrected chi connectivity index (χ3v) is 2.77. The second-order valence-corrected chi connectivity index (χ2v) is 3.73. The predicted octanol–water partition coefficient (Wildman–Crippen LogP) is 0.973. The fourth-order valence-electron chi connectivity index (χ4n) is 1.85. The maximum absolute atomic E-state index is 11.0. The van der Waals surface area contributed by atoms with Gasteiger partial charge >= 0.3 is 0 Å². The van der Waals surface area contributed by atoms with Crippen molar-refractivity contribution < 1.29 is 4.79 Å². The Kier molecular flexibility index (Phi) is 2.94. The van der Waals surface area contributed by atoms with Gasteiger partial charge < -0.3 is 4.90 Å². The molecule has 0 atom stereocenters. The summed E-state index contributed by atoms with van der Waals surface area (Å²) >= 11 is 0. The number of aromatic nitrogens is 2. The van der Waals surface area contributed by atoms with Gasteiger partial charge in [-0.15, -0.1) is 0 Å². The summed E-state index contributed by atoms with van der Waals surface area (Å²) in [6.45, 7) is 6.92. The van der Waals surface area contributed by atoms with Gasteiger partial charge in [-0.3, -0.25) is 9.78 Å². The average molecular weight is 203 g/mol. The highest BCUT2D eigenvalue weighted by Gasteiger charge is 2.22. The minimum absolute atomic E-state index is 0.0259. The third-order valence-electron chi connectivity index (χ3n) is 2.77. The zero-order valence-electron chi connectivity index (χ0n) is 8.47. The molecule has 0 N–H and O–H groups in total. The number of nitrogens with zero attached hydrogens (tertiary/aromatic N) is 3. The molecule has 0 unspecified atom stereocenters. The van der Waals surface area contributed by atoms with Crippen LogP contribution in [0.5, 0.6) is 0 Å². The summed E-state index contributed by atoms with van der Waals surface area (Å²) in [5.41, 5.74) is 0. The Morgan fingerprint density at radius 2 is 2.13 bits per heavy atom. The number of ketones is 1. The Morgan fingerprint density at radius 3 is 2.67 bits per heavy atom. The van der Waals surface area contributed by atoms with E-state index in [9.17, 15) is 4.79 Å². The van der Waals surface area contributed by atoms with Crippen LogP contribution in [-0.4, -0.2) is 28.8 Å². The van der Waals surface area contributed by atoms with E-state index in [1.165, 1.54) is 0 Å². The lowest BCUT2D eigenvalue weighted by Crippen LogP contribution is -2.36. The van der Waals surface area contributed by atoms with Crippen LogP contribution in [0.15, 0.2) is 18.6 Å². The van der Waals surface area contributed by atoms with Crippen LogP contribution in [0.4, 0.5) is 5.82 Å². The van der Waals surface area contributed by atoms with Crippen molar-refractivity contribution >= 4 is 11.6 Å². The SMILES string of the molecule is [CH]C(=O)C1CCN(c2cnccn2)CC1. The van der Waals surface area contributed by atoms with E-state index < -0.39 is 0 Å². The number of hydrogen-bond acceptors (Lipinski definition) is 4. The summed E-state index contributed by atoms with van der Waals surface area (Å²) in [6, 6.07) is 0. The molecule has 0 bridgehead atoms. The highest BCUT2D eigenvalue weighted by Crippen LogP contribution is 2.21. The minimum atomic E-state index is -0.186. The normalized spacial score (nSPS) is 17.8. The van der Waals surface area contributed by atoms with Gasteiger partial charge in [-0.1, -0.05) is 0 Å². The minimum Gasteiger partial charge on any atom is -0.355 e. The highest BCUT2D eigenvalue weighted by atomic mass is 16.1. The number of carbonyl (C=O) groups excluding carboxylic acids is 1. The molecule has 0 aromatic carbocycles. The lowest BCUT2D eigenvalue weighted by atomic mass is 9.93. The van der Waals surface area contributed by atoms with E-state index in [-0.39, 0.29) is 11.7 Å². The fraction of sp³-hybridized carbons (Fsp3) is 0.455. The lowest BCUT2D eigenvalue weighted by molar-refractivity contribution is -0.119. The van der Waals surface area contributed by atoms with E-state index in [4.69, 9.17) is 6.92 Å². The molecule has 2 rings (SSSR count). The van der Waals surface area contributed by atoms with Gasteiger partial charge in [0.25, 0.3) is 0 Å². The number of hydrogen-bond donors (Lipinski definition) is 0. The molecule has 78 valence electrons. The molecule has 0 spiro atoms. The second kappa shape index (κ2) is 4.38. The summed E-state index contributed by atoms with van der Waals surface area (Å²) < 4.78 is 0. The van der Waals surface area contributed by atoms with E-state index in [2.05, 4.69) is 14.9 Å². The maximum atomic E-state index is 11.0. The molecule has 15 heavy (non-hydrogen) atoms. The van der Waals surface area contributed by atoms with Crippen molar-refractivity contribution in [1.82, 2.24) is 9.97 Å². The van der Waals surface area contributed by atoms with Gasteiger partial charge in [0.15, 0.2) is 0 Å². The van der Waals surface area contributed by atoms with Crippen LogP contribution >= 0.6 is 0 Å². The summed E-state index contributed by atoms with van der Waals surface area (Å²) in [7, 11) is 0. The average Bonchev–Trinajstić information content (AvgIpc) is 2.30. The van der Waals surface area contributed by atoms with Gasteiger partial charge in [0.05, 0.1) is 6.20 Å².